The Labute approximate surface area is 269 Å². The van der Waals surface area contributed by atoms with Crippen molar-refractivity contribution in [3.63, 3.8) is 0 Å². The van der Waals surface area contributed by atoms with E-state index < -0.39 is 35.5 Å². The van der Waals surface area contributed by atoms with E-state index in [1.807, 2.05) is 11.0 Å². The summed E-state index contributed by atoms with van der Waals surface area (Å²) in [5.41, 5.74) is -1.77. The number of allylic oxidation sites excluding steroid dienone is 4. The fraction of sp³-hybridized carbons (Fsp3) is 0.613. The smallest absolute Gasteiger partial charge is 0.399 e. The fourth-order valence-corrected chi connectivity index (χ4v) is 6.47. The number of hydrogen-bond donors (Lipinski definition) is 0. The van der Waals surface area contributed by atoms with Crippen LogP contribution in [0, 0.1) is 11.8 Å². The van der Waals surface area contributed by atoms with E-state index in [-0.39, 0.29) is 36.0 Å². The molecule has 14 heteroatoms. The number of hydrogen-bond acceptors (Lipinski definition) is 5. The van der Waals surface area contributed by atoms with Gasteiger partial charge < -0.3 is 19.4 Å². The Hall–Kier alpha value is -2.28. The van der Waals surface area contributed by atoms with Gasteiger partial charge in [-0.2, -0.15) is 26.3 Å². The molecule has 1 aromatic rings. The standard InChI is InChI=1S/C31H37Cl2F6N3O3/c1-44-40-28(19-45-18-20-14-23(30(34,35)36)17-24(15-20)31(37,38)39)25(22-4-5-26(32)27(33)16-22)8-13-41-11-6-21(7-12-41)29(43)42-9-2-3-10-42/h4-5,14-15,17,21,25,27H,2-3,6-13,16,18-19H2,1H3/b40-28+. The number of benzene rings is 1. The van der Waals surface area contributed by atoms with Crippen LogP contribution in [0.3, 0.4) is 0 Å². The van der Waals surface area contributed by atoms with Crippen LogP contribution in [0.1, 0.15) is 55.2 Å². The van der Waals surface area contributed by atoms with Gasteiger partial charge in [-0.1, -0.05) is 28.4 Å². The van der Waals surface area contributed by atoms with E-state index in [0.717, 1.165) is 57.4 Å². The van der Waals surface area contributed by atoms with Gasteiger partial charge in [-0.05, 0) is 88.0 Å². The first kappa shape index (κ1) is 35.6. The van der Waals surface area contributed by atoms with Crippen LogP contribution in [0.5, 0.6) is 0 Å². The lowest BCUT2D eigenvalue weighted by Crippen LogP contribution is -2.42. The first-order chi connectivity index (χ1) is 21.3. The molecule has 0 radical (unpaired) electrons. The molecule has 0 N–H and O–H groups in total. The number of oxime groups is 1. The Morgan fingerprint density at radius 2 is 1.62 bits per heavy atom. The first-order valence-corrected chi connectivity index (χ1v) is 15.7. The van der Waals surface area contributed by atoms with Crippen LogP contribution in [0.25, 0.3) is 0 Å². The second-order valence-corrected chi connectivity index (χ2v) is 12.6. The van der Waals surface area contributed by atoms with Gasteiger partial charge in [0.05, 0.1) is 35.4 Å². The average Bonchev–Trinajstić information content (AvgIpc) is 3.53. The maximum Gasteiger partial charge on any atom is 0.416 e. The van der Waals surface area contributed by atoms with Gasteiger partial charge in [-0.15, -0.1) is 11.6 Å². The number of alkyl halides is 7. The number of carbonyl (C=O) groups excluding carboxylic acids is 1. The van der Waals surface area contributed by atoms with E-state index >= 15 is 0 Å². The van der Waals surface area contributed by atoms with E-state index in [1.54, 1.807) is 6.08 Å². The molecule has 2 unspecified atom stereocenters. The molecule has 4 rings (SSSR count). The Morgan fingerprint density at radius 1 is 1.00 bits per heavy atom. The molecule has 2 atom stereocenters. The van der Waals surface area contributed by atoms with Crippen molar-refractivity contribution in [2.75, 3.05) is 46.4 Å². The van der Waals surface area contributed by atoms with Gasteiger partial charge in [0.25, 0.3) is 0 Å². The number of likely N-dealkylation sites (tertiary alicyclic amines) is 2. The Kier molecular flexibility index (Phi) is 12.3. The highest BCUT2D eigenvalue weighted by molar-refractivity contribution is 6.37. The lowest BCUT2D eigenvalue weighted by atomic mass is 9.85. The Balaban J connectivity index is 1.44. The number of rotatable bonds is 11. The number of nitrogens with zero attached hydrogens (tertiary/aromatic N) is 3. The van der Waals surface area contributed by atoms with E-state index in [9.17, 15) is 31.1 Å². The molecule has 2 aliphatic heterocycles. The van der Waals surface area contributed by atoms with Crippen molar-refractivity contribution in [3.05, 3.63) is 57.6 Å². The molecule has 0 bridgehead atoms. The van der Waals surface area contributed by atoms with Crippen molar-refractivity contribution in [2.24, 2.45) is 17.0 Å². The first-order valence-electron chi connectivity index (χ1n) is 14.9. The lowest BCUT2D eigenvalue weighted by Gasteiger charge is -2.34. The molecule has 45 heavy (non-hydrogen) atoms. The summed E-state index contributed by atoms with van der Waals surface area (Å²) in [7, 11) is 1.35. The molecule has 0 saturated carbocycles. The predicted octanol–water partition coefficient (Wildman–Crippen LogP) is 7.64. The van der Waals surface area contributed by atoms with Crippen molar-refractivity contribution >= 4 is 34.8 Å². The predicted molar refractivity (Wildman–Crippen MR) is 160 cm³/mol. The van der Waals surface area contributed by atoms with Gasteiger partial charge in [-0.3, -0.25) is 4.79 Å². The molecule has 2 fully saturated rings. The van der Waals surface area contributed by atoms with Crippen LogP contribution in [-0.4, -0.2) is 73.2 Å². The number of carbonyl (C=O) groups is 1. The molecule has 3 aliphatic rings. The molecule has 0 aromatic heterocycles. The molecule has 1 aliphatic carbocycles. The van der Waals surface area contributed by atoms with Crippen LogP contribution in [0.2, 0.25) is 0 Å². The van der Waals surface area contributed by atoms with Crippen molar-refractivity contribution in [1.82, 2.24) is 9.80 Å². The highest BCUT2D eigenvalue weighted by Gasteiger charge is 2.37. The summed E-state index contributed by atoms with van der Waals surface area (Å²) in [6, 6.07) is 1.37. The topological polar surface area (TPSA) is 54.4 Å². The maximum atomic E-state index is 13.3. The average molecular weight is 685 g/mol. The number of piperidine rings is 1. The SMILES string of the molecule is CO/N=C(\COCc1cc(C(F)(F)F)cc(C(F)(F)F)c1)C(CCN1CCC(C(=O)N2CCCC2)CC1)C1=CC=C(Cl)C(Cl)C1. The summed E-state index contributed by atoms with van der Waals surface area (Å²) in [6.07, 6.45) is -1.75. The minimum atomic E-state index is -4.96. The second kappa shape index (κ2) is 15.5. The zero-order chi connectivity index (χ0) is 32.8. The normalized spacial score (nSPS) is 21.5. The molecule has 1 aromatic carbocycles. The third-order valence-electron chi connectivity index (χ3n) is 8.48. The van der Waals surface area contributed by atoms with Gasteiger partial charge >= 0.3 is 12.4 Å². The van der Waals surface area contributed by atoms with Crippen LogP contribution in [0.4, 0.5) is 26.3 Å². The second-order valence-electron chi connectivity index (χ2n) is 11.6. The van der Waals surface area contributed by atoms with Gasteiger partial charge in [0.15, 0.2) is 0 Å². The monoisotopic (exact) mass is 683 g/mol. The third kappa shape index (κ3) is 9.86. The van der Waals surface area contributed by atoms with Crippen molar-refractivity contribution in [2.45, 2.75) is 62.9 Å². The largest absolute Gasteiger partial charge is 0.416 e. The number of amides is 1. The summed E-state index contributed by atoms with van der Waals surface area (Å²) in [5, 5.41) is 4.18. The zero-order valence-electron chi connectivity index (χ0n) is 24.9. The summed E-state index contributed by atoms with van der Waals surface area (Å²) in [4.78, 5) is 22.2. The van der Waals surface area contributed by atoms with E-state index in [4.69, 9.17) is 32.8 Å². The molecule has 2 heterocycles. The van der Waals surface area contributed by atoms with Crippen LogP contribution in [0.15, 0.2) is 46.1 Å². The van der Waals surface area contributed by atoms with Crippen LogP contribution in [-0.2, 0) is 33.3 Å². The van der Waals surface area contributed by atoms with E-state index in [2.05, 4.69) is 10.1 Å². The quantitative estimate of drug-likeness (QED) is 0.104. The van der Waals surface area contributed by atoms with Gasteiger partial charge in [0.1, 0.15) is 7.11 Å². The van der Waals surface area contributed by atoms with Crippen molar-refractivity contribution in [1.29, 1.82) is 0 Å². The number of ether oxygens (including phenoxy) is 1. The Morgan fingerprint density at radius 3 is 2.18 bits per heavy atom. The molecular weight excluding hydrogens is 647 g/mol. The minimum absolute atomic E-state index is 0.0215. The highest BCUT2D eigenvalue weighted by atomic mass is 35.5. The van der Waals surface area contributed by atoms with Crippen LogP contribution >= 0.6 is 23.2 Å². The zero-order valence-corrected chi connectivity index (χ0v) is 26.4. The van der Waals surface area contributed by atoms with Gasteiger partial charge in [0.2, 0.25) is 5.91 Å². The molecule has 2 saturated heterocycles. The Bertz CT molecular complexity index is 1240. The maximum absolute atomic E-state index is 13.3. The molecule has 250 valence electrons. The molecule has 6 nitrogen and oxygen atoms in total. The molecule has 1 amide bonds. The van der Waals surface area contributed by atoms with Gasteiger partial charge in [0, 0.05) is 30.0 Å². The molecule has 0 spiro atoms. The summed E-state index contributed by atoms with van der Waals surface area (Å²) in [5.74, 6) is -0.0828. The molecular formula is C31H37Cl2F6N3O3. The minimum Gasteiger partial charge on any atom is -0.399 e. The van der Waals surface area contributed by atoms with E-state index in [1.165, 1.54) is 7.11 Å². The number of halogens is 8. The fourth-order valence-electron chi connectivity index (χ4n) is 6.08. The van der Waals surface area contributed by atoms with Crippen LogP contribution < -0.4 is 0 Å². The summed E-state index contributed by atoms with van der Waals surface area (Å²) >= 11 is 12.7. The van der Waals surface area contributed by atoms with E-state index in [0.29, 0.717) is 42.3 Å². The summed E-state index contributed by atoms with van der Waals surface area (Å²) in [6.45, 7) is 3.11. The van der Waals surface area contributed by atoms with Crippen molar-refractivity contribution < 1.29 is 40.7 Å². The van der Waals surface area contributed by atoms with Crippen molar-refractivity contribution in [3.8, 4) is 0 Å². The highest BCUT2D eigenvalue weighted by Crippen LogP contribution is 2.37. The lowest BCUT2D eigenvalue weighted by molar-refractivity contribution is -0.143. The van der Waals surface area contributed by atoms with Gasteiger partial charge in [-0.25, -0.2) is 0 Å². The third-order valence-corrected chi connectivity index (χ3v) is 9.37. The summed E-state index contributed by atoms with van der Waals surface area (Å²) < 4.78 is 85.6.